The fourth-order valence-electron chi connectivity index (χ4n) is 2.84. The van der Waals surface area contributed by atoms with E-state index >= 15 is 0 Å². The van der Waals surface area contributed by atoms with Crippen molar-refractivity contribution in [1.29, 1.82) is 0 Å². The molecule has 0 spiro atoms. The maximum atomic E-state index is 6.12. The first-order chi connectivity index (χ1) is 11.7. The zero-order valence-electron chi connectivity index (χ0n) is 12.7. The summed E-state index contributed by atoms with van der Waals surface area (Å²) in [6.45, 7) is 2.50. The van der Waals surface area contributed by atoms with Crippen LogP contribution in [0, 0.1) is 0 Å². The van der Waals surface area contributed by atoms with Crippen molar-refractivity contribution >= 4 is 34.5 Å². The Balaban J connectivity index is 1.53. The fraction of sp³-hybridized carbons (Fsp3) is 0.235. The summed E-state index contributed by atoms with van der Waals surface area (Å²) < 4.78 is 0.489. The molecular weight excluding hydrogens is 363 g/mol. The lowest BCUT2D eigenvalue weighted by atomic mass is 10.1. The maximum absolute atomic E-state index is 6.12. The third-order valence-electron chi connectivity index (χ3n) is 4.04. The summed E-state index contributed by atoms with van der Waals surface area (Å²) in [6, 6.07) is 10.1. The molecule has 1 aliphatic heterocycles. The molecule has 0 unspecified atom stereocenters. The summed E-state index contributed by atoms with van der Waals surface area (Å²) in [5, 5.41) is 0.506. The fourth-order valence-corrected chi connectivity index (χ4v) is 4.28. The van der Waals surface area contributed by atoms with Crippen molar-refractivity contribution in [3.05, 3.63) is 62.3 Å². The minimum absolute atomic E-state index is 0.489. The molecule has 0 amide bonds. The second-order valence-corrected chi connectivity index (χ2v) is 7.70. The van der Waals surface area contributed by atoms with Gasteiger partial charge in [-0.3, -0.25) is 4.90 Å². The van der Waals surface area contributed by atoms with Crippen molar-refractivity contribution in [2.75, 3.05) is 6.54 Å². The molecule has 0 radical (unpaired) electrons. The van der Waals surface area contributed by atoms with Gasteiger partial charge in [-0.2, -0.15) is 0 Å². The molecule has 4 rings (SSSR count). The summed E-state index contributed by atoms with van der Waals surface area (Å²) in [4.78, 5) is 16.7. The average molecular weight is 377 g/mol. The van der Waals surface area contributed by atoms with Crippen molar-refractivity contribution < 1.29 is 0 Å². The summed E-state index contributed by atoms with van der Waals surface area (Å²) in [5.41, 5.74) is 3.36. The van der Waals surface area contributed by atoms with Crippen molar-refractivity contribution in [2.24, 2.45) is 0 Å². The van der Waals surface area contributed by atoms with Gasteiger partial charge >= 0.3 is 0 Å². The Morgan fingerprint density at radius 3 is 2.71 bits per heavy atom. The first-order valence-corrected chi connectivity index (χ1v) is 9.19. The summed E-state index contributed by atoms with van der Waals surface area (Å²) in [7, 11) is 0. The highest BCUT2D eigenvalue weighted by Gasteiger charge is 2.20. The Kier molecular flexibility index (Phi) is 4.50. The average Bonchev–Trinajstić information content (AvgIpc) is 2.92. The number of hydrogen-bond donors (Lipinski definition) is 0. The number of halogens is 2. The van der Waals surface area contributed by atoms with E-state index in [2.05, 4.69) is 14.9 Å². The van der Waals surface area contributed by atoms with Gasteiger partial charge in [0.05, 0.1) is 10.6 Å². The zero-order chi connectivity index (χ0) is 16.5. The van der Waals surface area contributed by atoms with Crippen LogP contribution in [0.1, 0.15) is 16.1 Å². The third kappa shape index (κ3) is 3.30. The van der Waals surface area contributed by atoms with Gasteiger partial charge in [0.25, 0.3) is 0 Å². The summed E-state index contributed by atoms with van der Waals surface area (Å²) in [6.07, 6.45) is 2.85. The molecule has 1 aromatic carbocycles. The van der Waals surface area contributed by atoms with E-state index in [-0.39, 0.29) is 0 Å². The molecule has 4 nitrogen and oxygen atoms in total. The highest BCUT2D eigenvalue weighted by atomic mass is 35.5. The van der Waals surface area contributed by atoms with Gasteiger partial charge in [0.2, 0.25) is 0 Å². The number of aromatic nitrogens is 3. The molecule has 0 N–H and O–H groups in total. The highest BCUT2D eigenvalue weighted by molar-refractivity contribution is 7.16. The number of fused-ring (bicyclic) bond motifs is 1. The molecule has 2 aromatic heterocycles. The minimum Gasteiger partial charge on any atom is -0.293 e. The molecular formula is C17H14Cl2N4S. The number of nitrogens with zero attached hydrogens (tertiary/aromatic N) is 4. The molecule has 0 atom stereocenters. The van der Waals surface area contributed by atoms with Crippen LogP contribution in [-0.4, -0.2) is 26.4 Å². The van der Waals surface area contributed by atoms with Crippen LogP contribution in [0.25, 0.3) is 11.4 Å². The lowest BCUT2D eigenvalue weighted by molar-refractivity contribution is 0.245. The number of benzene rings is 1. The lowest BCUT2D eigenvalue weighted by Crippen LogP contribution is -2.30. The van der Waals surface area contributed by atoms with E-state index in [0.717, 1.165) is 48.0 Å². The Bertz CT molecular complexity index is 866. The SMILES string of the molecule is Clc1nc(Cl)c(CN2CCc3nc(-c4ccccc4)ncc3C2)s1. The number of rotatable bonds is 3. The predicted molar refractivity (Wildman–Crippen MR) is 97.4 cm³/mol. The van der Waals surface area contributed by atoms with Crippen LogP contribution in [-0.2, 0) is 19.5 Å². The molecule has 0 bridgehead atoms. The van der Waals surface area contributed by atoms with Crippen molar-refractivity contribution in [3.8, 4) is 11.4 Å². The molecule has 1 aliphatic rings. The van der Waals surface area contributed by atoms with E-state index in [4.69, 9.17) is 28.2 Å². The topological polar surface area (TPSA) is 41.9 Å². The number of thiazole rings is 1. The monoisotopic (exact) mass is 376 g/mol. The molecule has 7 heteroatoms. The molecule has 0 aliphatic carbocycles. The second-order valence-electron chi connectivity index (χ2n) is 5.67. The van der Waals surface area contributed by atoms with Crippen LogP contribution in [0.15, 0.2) is 36.5 Å². The predicted octanol–water partition coefficient (Wildman–Crippen LogP) is 4.47. The second kappa shape index (κ2) is 6.76. The van der Waals surface area contributed by atoms with Crippen LogP contribution in [0.4, 0.5) is 0 Å². The maximum Gasteiger partial charge on any atom is 0.185 e. The zero-order valence-corrected chi connectivity index (χ0v) is 15.1. The summed E-state index contributed by atoms with van der Waals surface area (Å²) >= 11 is 13.5. The smallest absolute Gasteiger partial charge is 0.185 e. The van der Waals surface area contributed by atoms with E-state index in [9.17, 15) is 0 Å². The quantitative estimate of drug-likeness (QED) is 0.676. The van der Waals surface area contributed by atoms with Gasteiger partial charge in [0, 0.05) is 43.4 Å². The molecule has 0 saturated heterocycles. The standard InChI is InChI=1S/C17H14Cl2N4S/c18-15-14(24-17(19)22-15)10-23-7-6-13-12(9-23)8-20-16(21-13)11-4-2-1-3-5-11/h1-5,8H,6-7,9-10H2. The molecule has 0 fully saturated rings. The highest BCUT2D eigenvalue weighted by Crippen LogP contribution is 2.29. The largest absolute Gasteiger partial charge is 0.293 e. The molecule has 24 heavy (non-hydrogen) atoms. The molecule has 3 heterocycles. The van der Waals surface area contributed by atoms with E-state index in [0.29, 0.717) is 9.62 Å². The first kappa shape index (κ1) is 16.0. The Labute approximate surface area is 154 Å². The van der Waals surface area contributed by atoms with Crippen LogP contribution in [0.2, 0.25) is 9.62 Å². The van der Waals surface area contributed by atoms with Gasteiger partial charge in [0.15, 0.2) is 10.3 Å². The van der Waals surface area contributed by atoms with Crippen molar-refractivity contribution in [3.63, 3.8) is 0 Å². The third-order valence-corrected chi connectivity index (χ3v) is 5.60. The number of hydrogen-bond acceptors (Lipinski definition) is 5. The van der Waals surface area contributed by atoms with E-state index in [1.54, 1.807) is 0 Å². The van der Waals surface area contributed by atoms with Crippen LogP contribution in [0.3, 0.4) is 0 Å². The van der Waals surface area contributed by atoms with Gasteiger partial charge in [0.1, 0.15) is 5.15 Å². The lowest BCUT2D eigenvalue weighted by Gasteiger charge is -2.27. The summed E-state index contributed by atoms with van der Waals surface area (Å²) in [5.74, 6) is 0.792. The van der Waals surface area contributed by atoms with Gasteiger partial charge in [-0.25, -0.2) is 15.0 Å². The normalized spacial score (nSPS) is 14.6. The van der Waals surface area contributed by atoms with Crippen LogP contribution in [0.5, 0.6) is 0 Å². The Hall–Kier alpha value is -1.53. The molecule has 122 valence electrons. The van der Waals surface area contributed by atoms with Crippen LogP contribution >= 0.6 is 34.5 Å². The Morgan fingerprint density at radius 2 is 1.96 bits per heavy atom. The van der Waals surface area contributed by atoms with Crippen LogP contribution < -0.4 is 0 Å². The van der Waals surface area contributed by atoms with E-state index in [1.165, 1.54) is 16.9 Å². The molecule has 0 saturated carbocycles. The van der Waals surface area contributed by atoms with Crippen molar-refractivity contribution in [1.82, 2.24) is 19.9 Å². The van der Waals surface area contributed by atoms with Gasteiger partial charge in [-0.1, -0.05) is 53.5 Å². The molecule has 3 aromatic rings. The van der Waals surface area contributed by atoms with Crippen molar-refractivity contribution in [2.45, 2.75) is 19.5 Å². The Morgan fingerprint density at radius 1 is 1.12 bits per heavy atom. The van der Waals surface area contributed by atoms with Gasteiger partial charge in [-0.05, 0) is 0 Å². The van der Waals surface area contributed by atoms with Gasteiger partial charge < -0.3 is 0 Å². The van der Waals surface area contributed by atoms with E-state index < -0.39 is 0 Å². The van der Waals surface area contributed by atoms with Gasteiger partial charge in [-0.15, -0.1) is 11.3 Å². The first-order valence-electron chi connectivity index (χ1n) is 7.62. The van der Waals surface area contributed by atoms with E-state index in [1.807, 2.05) is 36.5 Å². The minimum atomic E-state index is 0.489.